The Labute approximate surface area is 282 Å². The molecule has 1 fully saturated rings. The van der Waals surface area contributed by atoms with Crippen molar-refractivity contribution in [2.24, 2.45) is 29.1 Å². The molecule has 47 heavy (non-hydrogen) atoms. The van der Waals surface area contributed by atoms with Gasteiger partial charge in [-0.2, -0.15) is 0 Å². The molecule has 4 rings (SSSR count). The molecule has 7 heteroatoms. The maximum absolute atomic E-state index is 12.8. The van der Waals surface area contributed by atoms with Crippen molar-refractivity contribution in [3.05, 3.63) is 54.6 Å². The summed E-state index contributed by atoms with van der Waals surface area (Å²) in [6.07, 6.45) is 20.9. The van der Waals surface area contributed by atoms with Gasteiger partial charge in [0.05, 0.1) is 18.6 Å². The molecule has 0 saturated heterocycles. The van der Waals surface area contributed by atoms with Crippen LogP contribution >= 0.6 is 0 Å². The number of benzene rings is 1. The normalized spacial score (nSPS) is 19.0. The summed E-state index contributed by atoms with van der Waals surface area (Å²) >= 11 is 0. The number of hydrogen-bond donors (Lipinski definition) is 1. The third-order valence-corrected chi connectivity index (χ3v) is 10.2. The molecule has 0 spiro atoms. The number of pyridine rings is 1. The van der Waals surface area contributed by atoms with Crippen molar-refractivity contribution in [2.75, 3.05) is 11.9 Å². The van der Waals surface area contributed by atoms with Gasteiger partial charge >= 0.3 is 0 Å². The number of anilines is 1. The number of aromatic nitrogens is 1. The highest BCUT2D eigenvalue weighted by Crippen LogP contribution is 2.46. The number of nitrogens with zero attached hydrogens (tertiary/aromatic N) is 1. The zero-order valence-electron chi connectivity index (χ0n) is 29.6. The first-order chi connectivity index (χ1) is 22.6. The number of carbonyl (C=O) groups is 2. The summed E-state index contributed by atoms with van der Waals surface area (Å²) in [6, 6.07) is 7.63. The summed E-state index contributed by atoms with van der Waals surface area (Å²) in [5.74, 6) is 3.67. The Morgan fingerprint density at radius 3 is 2.60 bits per heavy atom. The van der Waals surface area contributed by atoms with Crippen LogP contribution in [0.1, 0.15) is 111 Å². The SMILES string of the molecule is CC=Cc1cc2ccoc2c(OCCC[n+]2ccc(NC(=O)CC(C)CCCC(C)CCC3C(C)CCCC3(C)C)cc2)c1OC=O. The molecule has 1 saturated carbocycles. The van der Waals surface area contributed by atoms with Gasteiger partial charge in [-0.3, -0.25) is 9.59 Å². The second-order valence-electron chi connectivity index (χ2n) is 14.6. The van der Waals surface area contributed by atoms with E-state index in [4.69, 9.17) is 13.9 Å². The Balaban J connectivity index is 1.15. The van der Waals surface area contributed by atoms with Crippen LogP contribution in [-0.4, -0.2) is 19.0 Å². The zero-order valence-corrected chi connectivity index (χ0v) is 29.6. The summed E-state index contributed by atoms with van der Waals surface area (Å²) in [5.41, 5.74) is 2.59. The molecule has 7 nitrogen and oxygen atoms in total. The highest BCUT2D eigenvalue weighted by Gasteiger charge is 2.36. The number of carbonyl (C=O) groups excluding carboxylic acids is 2. The number of allylic oxidation sites excluding steroid dienone is 1. The van der Waals surface area contributed by atoms with Crippen LogP contribution in [0.15, 0.2) is 53.4 Å². The van der Waals surface area contributed by atoms with E-state index in [1.165, 1.54) is 44.9 Å². The van der Waals surface area contributed by atoms with E-state index in [2.05, 4.69) is 44.5 Å². The summed E-state index contributed by atoms with van der Waals surface area (Å²) in [5, 5.41) is 3.95. The minimum absolute atomic E-state index is 0.0722. The van der Waals surface area contributed by atoms with E-state index in [0.717, 1.165) is 53.8 Å². The molecular formula is C40H57N2O5+. The molecule has 4 unspecified atom stereocenters. The van der Waals surface area contributed by atoms with Crippen LogP contribution in [0, 0.1) is 29.1 Å². The Hall–Kier alpha value is -3.61. The molecule has 1 aliphatic carbocycles. The van der Waals surface area contributed by atoms with Crippen molar-refractivity contribution in [2.45, 2.75) is 112 Å². The molecule has 0 radical (unpaired) electrons. The molecule has 0 aliphatic heterocycles. The molecule has 1 amide bonds. The number of rotatable bonds is 18. The van der Waals surface area contributed by atoms with E-state index in [9.17, 15) is 9.59 Å². The molecule has 2 aromatic heterocycles. The van der Waals surface area contributed by atoms with Crippen LogP contribution in [0.2, 0.25) is 0 Å². The molecule has 1 aliphatic rings. The van der Waals surface area contributed by atoms with Gasteiger partial charge in [-0.15, -0.1) is 0 Å². The largest absolute Gasteiger partial charge is 0.486 e. The molecule has 1 aromatic carbocycles. The molecule has 1 N–H and O–H groups in total. The van der Waals surface area contributed by atoms with Crippen LogP contribution in [-0.2, 0) is 16.1 Å². The first-order valence-electron chi connectivity index (χ1n) is 17.8. The number of hydrogen-bond acceptors (Lipinski definition) is 5. The lowest BCUT2D eigenvalue weighted by Crippen LogP contribution is -2.33. The fourth-order valence-electron chi connectivity index (χ4n) is 7.57. The topological polar surface area (TPSA) is 81.7 Å². The van der Waals surface area contributed by atoms with Crippen LogP contribution < -0.4 is 19.4 Å². The minimum atomic E-state index is 0.0722. The van der Waals surface area contributed by atoms with Gasteiger partial charge in [-0.25, -0.2) is 4.57 Å². The number of nitrogens with one attached hydrogen (secondary N) is 1. The van der Waals surface area contributed by atoms with Gasteiger partial charge in [0.25, 0.3) is 6.47 Å². The molecular weight excluding hydrogens is 588 g/mol. The number of amides is 1. The highest BCUT2D eigenvalue weighted by atomic mass is 16.5. The predicted octanol–water partition coefficient (Wildman–Crippen LogP) is 9.77. The van der Waals surface area contributed by atoms with Crippen molar-refractivity contribution in [1.82, 2.24) is 0 Å². The zero-order chi connectivity index (χ0) is 33.8. The second-order valence-corrected chi connectivity index (χ2v) is 14.6. The van der Waals surface area contributed by atoms with E-state index >= 15 is 0 Å². The van der Waals surface area contributed by atoms with Crippen molar-refractivity contribution < 1.29 is 28.0 Å². The first-order valence-corrected chi connectivity index (χ1v) is 17.8. The van der Waals surface area contributed by atoms with Gasteiger partial charge in [0.2, 0.25) is 11.7 Å². The lowest BCUT2D eigenvalue weighted by Gasteiger charge is -2.43. The minimum Gasteiger partial charge on any atom is -0.486 e. The standard InChI is InChI=1S/C40H56N2O5/c1-7-11-32-27-33-19-25-46-37(33)39(38(32)47-28-43)45-24-10-21-42-22-17-34(18-23-42)41-36(44)26-30(3)13-8-12-29(2)15-16-35-31(4)14-9-20-40(35,5)6/h7,11,17-19,22-23,25,27-31,35H,8-10,12-16,20-21,24,26H2,1-6H3/p+1. The second kappa shape index (κ2) is 17.5. The number of ether oxygens (including phenoxy) is 2. The number of fused-ring (bicyclic) bond motifs is 1. The maximum Gasteiger partial charge on any atom is 0.298 e. The summed E-state index contributed by atoms with van der Waals surface area (Å²) in [6.45, 7) is 15.5. The van der Waals surface area contributed by atoms with Crippen molar-refractivity contribution in [1.29, 1.82) is 0 Å². The van der Waals surface area contributed by atoms with Crippen LogP contribution in [0.3, 0.4) is 0 Å². The number of furan rings is 1. The van der Waals surface area contributed by atoms with E-state index < -0.39 is 0 Å². The van der Waals surface area contributed by atoms with Crippen molar-refractivity contribution >= 4 is 35.1 Å². The predicted molar refractivity (Wildman–Crippen MR) is 189 cm³/mol. The fourth-order valence-corrected chi connectivity index (χ4v) is 7.57. The van der Waals surface area contributed by atoms with Gasteiger partial charge in [-0.05, 0) is 61.0 Å². The van der Waals surface area contributed by atoms with Crippen LogP contribution in [0.4, 0.5) is 5.69 Å². The average Bonchev–Trinajstić information content (AvgIpc) is 3.49. The van der Waals surface area contributed by atoms with Gasteiger partial charge < -0.3 is 19.2 Å². The summed E-state index contributed by atoms with van der Waals surface area (Å²) in [7, 11) is 0. The monoisotopic (exact) mass is 645 g/mol. The number of aryl methyl sites for hydroxylation is 1. The van der Waals surface area contributed by atoms with Crippen molar-refractivity contribution in [3.63, 3.8) is 0 Å². The quantitative estimate of drug-likeness (QED) is 0.0846. The van der Waals surface area contributed by atoms with E-state index in [-0.39, 0.29) is 5.91 Å². The third kappa shape index (κ3) is 10.4. The molecule has 3 aromatic rings. The lowest BCUT2D eigenvalue weighted by molar-refractivity contribution is -0.697. The third-order valence-electron chi connectivity index (χ3n) is 10.2. The Kier molecular flexibility index (Phi) is 13.5. The maximum atomic E-state index is 12.8. The summed E-state index contributed by atoms with van der Waals surface area (Å²) < 4.78 is 19.1. The van der Waals surface area contributed by atoms with E-state index in [1.54, 1.807) is 6.26 Å². The molecule has 4 atom stereocenters. The van der Waals surface area contributed by atoms with E-state index in [1.807, 2.05) is 55.7 Å². The fraction of sp³-hybridized carbons (Fsp3) is 0.575. The average molecular weight is 646 g/mol. The van der Waals surface area contributed by atoms with Gasteiger partial charge in [0.1, 0.15) is 0 Å². The molecule has 2 heterocycles. The van der Waals surface area contributed by atoms with Crippen molar-refractivity contribution in [3.8, 4) is 11.5 Å². The van der Waals surface area contributed by atoms with E-state index in [0.29, 0.717) is 47.9 Å². The summed E-state index contributed by atoms with van der Waals surface area (Å²) in [4.78, 5) is 24.0. The van der Waals surface area contributed by atoms with Crippen LogP contribution in [0.25, 0.3) is 17.0 Å². The molecule has 256 valence electrons. The Morgan fingerprint density at radius 1 is 1.11 bits per heavy atom. The molecule has 0 bridgehead atoms. The Morgan fingerprint density at radius 2 is 1.87 bits per heavy atom. The highest BCUT2D eigenvalue weighted by molar-refractivity contribution is 5.91. The smallest absolute Gasteiger partial charge is 0.298 e. The lowest BCUT2D eigenvalue weighted by atomic mass is 9.62. The van der Waals surface area contributed by atoms with Crippen LogP contribution in [0.5, 0.6) is 11.5 Å². The first kappa shape index (κ1) is 36.2. The Bertz CT molecular complexity index is 1460. The van der Waals surface area contributed by atoms with Gasteiger partial charge in [0.15, 0.2) is 30.3 Å². The van der Waals surface area contributed by atoms with Gasteiger partial charge in [-0.1, -0.05) is 85.3 Å². The van der Waals surface area contributed by atoms with Gasteiger partial charge in [0, 0.05) is 35.9 Å².